The van der Waals surface area contributed by atoms with Crippen LogP contribution >= 0.6 is 0 Å². The average Bonchev–Trinajstić information content (AvgIpc) is 3.07. The predicted octanol–water partition coefficient (Wildman–Crippen LogP) is 10.7. The van der Waals surface area contributed by atoms with Crippen LogP contribution in [0.4, 0.5) is 0 Å². The number of benzene rings is 7. The number of dihydropyridines is 1. The Kier molecular flexibility index (Phi) is 5.93. The monoisotopic (exact) mass is 535 g/mol. The summed E-state index contributed by atoms with van der Waals surface area (Å²) in [6, 6.07) is 52.7. The van der Waals surface area contributed by atoms with Crippen LogP contribution in [0.5, 0.6) is 0 Å². The summed E-state index contributed by atoms with van der Waals surface area (Å²) in [7, 11) is 0. The fourth-order valence-electron chi connectivity index (χ4n) is 6.46. The van der Waals surface area contributed by atoms with Gasteiger partial charge < -0.3 is 5.32 Å². The molecule has 1 atom stereocenters. The molecule has 0 saturated heterocycles. The SMILES string of the molecule is C1=CC(c2ccc3ccccc3c2)NC=C1c1c2ccccc2c(-c2ccc(-c3ccccc3)cc2)c2ccccc12. The highest BCUT2D eigenvalue weighted by Crippen LogP contribution is 2.43. The van der Waals surface area contributed by atoms with Crippen LogP contribution in [-0.4, -0.2) is 0 Å². The second-order valence-electron chi connectivity index (χ2n) is 11.0. The number of nitrogens with one attached hydrogen (secondary N) is 1. The Morgan fingerprint density at radius 1 is 0.429 bits per heavy atom. The van der Waals surface area contributed by atoms with Crippen molar-refractivity contribution >= 4 is 37.9 Å². The van der Waals surface area contributed by atoms with Crippen molar-refractivity contribution in [2.24, 2.45) is 0 Å². The van der Waals surface area contributed by atoms with Gasteiger partial charge in [-0.25, -0.2) is 0 Å². The van der Waals surface area contributed by atoms with Crippen LogP contribution in [0.3, 0.4) is 0 Å². The fourth-order valence-corrected chi connectivity index (χ4v) is 6.46. The summed E-state index contributed by atoms with van der Waals surface area (Å²) in [5.74, 6) is 0. The van der Waals surface area contributed by atoms with E-state index in [-0.39, 0.29) is 6.04 Å². The first-order valence-electron chi connectivity index (χ1n) is 14.6. The van der Waals surface area contributed by atoms with Crippen molar-refractivity contribution in [2.45, 2.75) is 6.04 Å². The first-order chi connectivity index (χ1) is 20.8. The van der Waals surface area contributed by atoms with E-state index in [1.54, 1.807) is 0 Å². The Morgan fingerprint density at radius 3 is 1.62 bits per heavy atom. The maximum Gasteiger partial charge on any atom is 0.0696 e. The van der Waals surface area contributed by atoms with Crippen molar-refractivity contribution in [1.82, 2.24) is 5.32 Å². The van der Waals surface area contributed by atoms with Gasteiger partial charge in [-0.1, -0.05) is 152 Å². The molecule has 1 heteroatoms. The molecule has 1 aliphatic rings. The van der Waals surface area contributed by atoms with Crippen molar-refractivity contribution in [2.75, 3.05) is 0 Å². The lowest BCUT2D eigenvalue weighted by atomic mass is 9.85. The lowest BCUT2D eigenvalue weighted by Crippen LogP contribution is -2.16. The smallest absolute Gasteiger partial charge is 0.0696 e. The third-order valence-electron chi connectivity index (χ3n) is 8.52. The molecule has 7 aromatic carbocycles. The largest absolute Gasteiger partial charge is 0.380 e. The molecule has 0 radical (unpaired) electrons. The van der Waals surface area contributed by atoms with Crippen molar-refractivity contribution in [1.29, 1.82) is 0 Å². The summed E-state index contributed by atoms with van der Waals surface area (Å²) in [6.07, 6.45) is 6.78. The van der Waals surface area contributed by atoms with E-state index < -0.39 is 0 Å². The molecule has 0 bridgehead atoms. The van der Waals surface area contributed by atoms with Crippen molar-refractivity contribution in [3.8, 4) is 22.3 Å². The minimum atomic E-state index is 0.137. The molecule has 0 saturated carbocycles. The third kappa shape index (κ3) is 4.19. The molecular weight excluding hydrogens is 506 g/mol. The summed E-state index contributed by atoms with van der Waals surface area (Å²) >= 11 is 0. The first-order valence-corrected chi connectivity index (χ1v) is 14.6. The highest BCUT2D eigenvalue weighted by Gasteiger charge is 2.19. The zero-order valence-corrected chi connectivity index (χ0v) is 23.2. The maximum atomic E-state index is 3.70. The van der Waals surface area contributed by atoms with Gasteiger partial charge in [-0.2, -0.15) is 0 Å². The van der Waals surface area contributed by atoms with E-state index in [0.29, 0.717) is 0 Å². The number of allylic oxidation sites excluding steroid dienone is 2. The van der Waals surface area contributed by atoms with Crippen molar-refractivity contribution < 1.29 is 0 Å². The van der Waals surface area contributed by atoms with Crippen LogP contribution < -0.4 is 5.32 Å². The van der Waals surface area contributed by atoms with Crippen LogP contribution in [0.1, 0.15) is 17.2 Å². The van der Waals surface area contributed by atoms with E-state index in [1.165, 1.54) is 71.3 Å². The summed E-state index contributed by atoms with van der Waals surface area (Å²) < 4.78 is 0. The second-order valence-corrected chi connectivity index (χ2v) is 11.0. The Labute approximate surface area is 246 Å². The van der Waals surface area contributed by atoms with Gasteiger partial charge in [0.25, 0.3) is 0 Å². The molecule has 1 unspecified atom stereocenters. The van der Waals surface area contributed by atoms with Gasteiger partial charge in [0.15, 0.2) is 0 Å². The molecule has 42 heavy (non-hydrogen) atoms. The van der Waals surface area contributed by atoms with E-state index in [0.717, 1.165) is 0 Å². The first kappa shape index (κ1) is 24.4. The molecule has 1 N–H and O–H groups in total. The molecule has 8 rings (SSSR count). The van der Waals surface area contributed by atoms with Crippen LogP contribution in [0, 0.1) is 0 Å². The maximum absolute atomic E-state index is 3.70. The predicted molar refractivity (Wildman–Crippen MR) is 179 cm³/mol. The third-order valence-corrected chi connectivity index (χ3v) is 8.52. The molecule has 1 nitrogen and oxygen atoms in total. The lowest BCUT2D eigenvalue weighted by Gasteiger charge is -2.23. The zero-order chi connectivity index (χ0) is 27.9. The molecule has 0 amide bonds. The van der Waals surface area contributed by atoms with E-state index in [4.69, 9.17) is 0 Å². The van der Waals surface area contributed by atoms with Gasteiger partial charge in [0.1, 0.15) is 0 Å². The van der Waals surface area contributed by atoms with E-state index in [2.05, 4.69) is 169 Å². The Balaban J connectivity index is 1.23. The fraction of sp³-hybridized carbons (Fsp3) is 0.0244. The molecule has 0 fully saturated rings. The molecule has 0 aromatic heterocycles. The minimum Gasteiger partial charge on any atom is -0.380 e. The summed E-state index contributed by atoms with van der Waals surface area (Å²) in [5, 5.41) is 11.3. The molecule has 0 aliphatic carbocycles. The number of hydrogen-bond acceptors (Lipinski definition) is 1. The van der Waals surface area contributed by atoms with Crippen molar-refractivity contribution in [3.05, 3.63) is 175 Å². The topological polar surface area (TPSA) is 12.0 Å². The van der Waals surface area contributed by atoms with E-state index in [9.17, 15) is 0 Å². The minimum absolute atomic E-state index is 0.137. The van der Waals surface area contributed by atoms with Gasteiger partial charge in [0.2, 0.25) is 0 Å². The molecule has 1 heterocycles. The molecular formula is C41H29N. The van der Waals surface area contributed by atoms with Crippen LogP contribution in [0.25, 0.3) is 60.1 Å². The normalized spacial score (nSPS) is 14.7. The van der Waals surface area contributed by atoms with Crippen molar-refractivity contribution in [3.63, 3.8) is 0 Å². The summed E-state index contributed by atoms with van der Waals surface area (Å²) in [5.41, 5.74) is 8.72. The van der Waals surface area contributed by atoms with Crippen LogP contribution in [0.15, 0.2) is 164 Å². The zero-order valence-electron chi connectivity index (χ0n) is 23.2. The second kappa shape index (κ2) is 10.2. The lowest BCUT2D eigenvalue weighted by molar-refractivity contribution is 0.750. The van der Waals surface area contributed by atoms with Gasteiger partial charge in [0, 0.05) is 6.20 Å². The van der Waals surface area contributed by atoms with Gasteiger partial charge in [-0.05, 0) is 77.3 Å². The Hall–Kier alpha value is -5.40. The van der Waals surface area contributed by atoms with Gasteiger partial charge in [-0.15, -0.1) is 0 Å². The quantitative estimate of drug-likeness (QED) is 0.221. The summed E-state index contributed by atoms with van der Waals surface area (Å²) in [6.45, 7) is 0. The highest BCUT2D eigenvalue weighted by atomic mass is 14.9. The average molecular weight is 536 g/mol. The van der Waals surface area contributed by atoms with Crippen LogP contribution in [-0.2, 0) is 0 Å². The molecule has 7 aromatic rings. The Morgan fingerprint density at radius 2 is 0.976 bits per heavy atom. The number of hydrogen-bond donors (Lipinski definition) is 1. The van der Waals surface area contributed by atoms with Gasteiger partial charge >= 0.3 is 0 Å². The standard InChI is InChI=1S/C41H29N/c1-2-10-28(11-3-1)30-18-21-31(22-19-30)40-35-14-6-8-16-37(35)41(38-17-9-7-15-36(38)40)34-24-25-39(42-27-34)33-23-20-29-12-4-5-13-32(29)26-33/h1-27,39,42H. The summed E-state index contributed by atoms with van der Waals surface area (Å²) in [4.78, 5) is 0. The van der Waals surface area contributed by atoms with E-state index >= 15 is 0 Å². The van der Waals surface area contributed by atoms with Gasteiger partial charge in [-0.3, -0.25) is 0 Å². The number of fused-ring (bicyclic) bond motifs is 3. The number of rotatable bonds is 4. The van der Waals surface area contributed by atoms with Gasteiger partial charge in [0.05, 0.1) is 6.04 Å². The highest BCUT2D eigenvalue weighted by molar-refractivity contribution is 6.19. The van der Waals surface area contributed by atoms with E-state index in [1.807, 2.05) is 0 Å². The molecule has 1 aliphatic heterocycles. The molecule has 0 spiro atoms. The Bertz CT molecular complexity index is 2090. The molecule has 198 valence electrons. The van der Waals surface area contributed by atoms with Crippen LogP contribution in [0.2, 0.25) is 0 Å².